The molecular formula is C13H19N3O. The van der Waals surface area contributed by atoms with Gasteiger partial charge in [0.2, 0.25) is 5.91 Å². The number of likely N-dealkylation sites (N-methyl/N-ethyl adjacent to an activating group) is 1. The van der Waals surface area contributed by atoms with E-state index in [1.165, 1.54) is 5.69 Å². The van der Waals surface area contributed by atoms with Gasteiger partial charge in [-0.1, -0.05) is 18.2 Å². The number of nitrogens with one attached hydrogen (secondary N) is 2. The molecule has 0 aliphatic carbocycles. The summed E-state index contributed by atoms with van der Waals surface area (Å²) in [5, 5.41) is 6.01. The molecule has 92 valence electrons. The molecule has 0 spiro atoms. The first kappa shape index (κ1) is 11.9. The summed E-state index contributed by atoms with van der Waals surface area (Å²) >= 11 is 0. The summed E-state index contributed by atoms with van der Waals surface area (Å²) < 4.78 is 0. The molecular weight excluding hydrogens is 214 g/mol. The molecule has 1 aromatic rings. The van der Waals surface area contributed by atoms with Crippen LogP contribution in [-0.4, -0.2) is 39.1 Å². The fourth-order valence-electron chi connectivity index (χ4n) is 2.14. The summed E-state index contributed by atoms with van der Waals surface area (Å²) in [7, 11) is 1.68. The summed E-state index contributed by atoms with van der Waals surface area (Å²) in [6.07, 6.45) is 0.455. The lowest BCUT2D eigenvalue weighted by Crippen LogP contribution is -2.44. The third-order valence-electron chi connectivity index (χ3n) is 3.08. The Hall–Kier alpha value is -1.55. The molecule has 17 heavy (non-hydrogen) atoms. The van der Waals surface area contributed by atoms with E-state index < -0.39 is 0 Å². The molecule has 0 atom stereocenters. The van der Waals surface area contributed by atoms with Gasteiger partial charge < -0.3 is 15.5 Å². The summed E-state index contributed by atoms with van der Waals surface area (Å²) in [4.78, 5) is 13.8. The number of hydrogen-bond acceptors (Lipinski definition) is 3. The molecule has 1 heterocycles. The number of carbonyl (C=O) groups is 1. The molecule has 0 saturated carbocycles. The molecule has 4 nitrogen and oxygen atoms in total. The third-order valence-corrected chi connectivity index (χ3v) is 3.08. The van der Waals surface area contributed by atoms with Crippen LogP contribution in [0.3, 0.4) is 0 Å². The average molecular weight is 233 g/mol. The molecule has 2 rings (SSSR count). The summed E-state index contributed by atoms with van der Waals surface area (Å²) in [6.45, 7) is 4.03. The molecule has 1 aliphatic rings. The van der Waals surface area contributed by atoms with Gasteiger partial charge in [0.1, 0.15) is 0 Å². The molecule has 1 saturated heterocycles. The van der Waals surface area contributed by atoms with E-state index in [4.69, 9.17) is 0 Å². The highest BCUT2D eigenvalue weighted by atomic mass is 16.1. The Balaban J connectivity index is 2.17. The summed E-state index contributed by atoms with van der Waals surface area (Å²) in [5.41, 5.74) is 2.30. The minimum Gasteiger partial charge on any atom is -0.369 e. The van der Waals surface area contributed by atoms with E-state index in [2.05, 4.69) is 21.6 Å². The zero-order chi connectivity index (χ0) is 12.1. The Morgan fingerprint density at radius 2 is 2.06 bits per heavy atom. The summed E-state index contributed by atoms with van der Waals surface area (Å²) in [5.74, 6) is 0.0626. The number of benzene rings is 1. The second-order valence-corrected chi connectivity index (χ2v) is 4.22. The topological polar surface area (TPSA) is 44.4 Å². The van der Waals surface area contributed by atoms with Crippen molar-refractivity contribution in [3.63, 3.8) is 0 Å². The Labute approximate surface area is 102 Å². The monoisotopic (exact) mass is 233 g/mol. The van der Waals surface area contributed by atoms with E-state index in [9.17, 15) is 4.79 Å². The predicted octanol–water partition coefficient (Wildman–Crippen LogP) is 0.385. The number of nitrogens with zero attached hydrogens (tertiary/aromatic N) is 1. The zero-order valence-corrected chi connectivity index (χ0v) is 10.2. The van der Waals surface area contributed by atoms with Gasteiger partial charge in [0, 0.05) is 38.9 Å². The number of piperazine rings is 1. The van der Waals surface area contributed by atoms with Crippen LogP contribution in [0.2, 0.25) is 0 Å². The van der Waals surface area contributed by atoms with Crippen LogP contribution in [0.5, 0.6) is 0 Å². The van der Waals surface area contributed by atoms with E-state index in [0.717, 1.165) is 31.7 Å². The number of hydrogen-bond donors (Lipinski definition) is 2. The Morgan fingerprint density at radius 1 is 1.35 bits per heavy atom. The van der Waals surface area contributed by atoms with E-state index in [0.29, 0.717) is 6.42 Å². The van der Waals surface area contributed by atoms with Crippen molar-refractivity contribution in [1.29, 1.82) is 0 Å². The lowest BCUT2D eigenvalue weighted by Gasteiger charge is -2.31. The highest BCUT2D eigenvalue weighted by molar-refractivity contribution is 5.80. The van der Waals surface area contributed by atoms with Crippen molar-refractivity contribution in [1.82, 2.24) is 10.6 Å². The molecule has 1 fully saturated rings. The number of amides is 1. The van der Waals surface area contributed by atoms with Crippen molar-refractivity contribution < 1.29 is 4.79 Å². The molecule has 1 aliphatic heterocycles. The standard InChI is InChI=1S/C13H19N3O/c1-14-13(17)10-11-4-2-3-5-12(11)16-8-6-15-7-9-16/h2-5,15H,6-10H2,1H3,(H,14,17). The Morgan fingerprint density at radius 3 is 2.76 bits per heavy atom. The second-order valence-electron chi connectivity index (χ2n) is 4.22. The van der Waals surface area contributed by atoms with Crippen molar-refractivity contribution in [2.75, 3.05) is 38.1 Å². The fraction of sp³-hybridized carbons (Fsp3) is 0.462. The van der Waals surface area contributed by atoms with E-state index in [1.54, 1.807) is 7.05 Å². The number of carbonyl (C=O) groups excluding carboxylic acids is 1. The van der Waals surface area contributed by atoms with Crippen LogP contribution in [0.4, 0.5) is 5.69 Å². The van der Waals surface area contributed by atoms with Gasteiger partial charge in [0.25, 0.3) is 0 Å². The molecule has 4 heteroatoms. The normalized spacial score (nSPS) is 15.7. The van der Waals surface area contributed by atoms with Crippen molar-refractivity contribution >= 4 is 11.6 Å². The number of anilines is 1. The number of rotatable bonds is 3. The quantitative estimate of drug-likeness (QED) is 0.793. The van der Waals surface area contributed by atoms with Gasteiger partial charge in [-0.15, -0.1) is 0 Å². The average Bonchev–Trinajstić information content (AvgIpc) is 2.40. The molecule has 0 unspecified atom stereocenters. The predicted molar refractivity (Wildman–Crippen MR) is 69.3 cm³/mol. The first-order valence-electron chi connectivity index (χ1n) is 6.05. The summed E-state index contributed by atoms with van der Waals surface area (Å²) in [6, 6.07) is 8.16. The van der Waals surface area contributed by atoms with Gasteiger partial charge >= 0.3 is 0 Å². The van der Waals surface area contributed by atoms with Crippen molar-refractivity contribution in [2.45, 2.75) is 6.42 Å². The molecule has 1 aromatic carbocycles. The van der Waals surface area contributed by atoms with E-state index in [-0.39, 0.29) is 5.91 Å². The van der Waals surface area contributed by atoms with Crippen LogP contribution in [-0.2, 0) is 11.2 Å². The van der Waals surface area contributed by atoms with Crippen LogP contribution < -0.4 is 15.5 Å². The molecule has 2 N–H and O–H groups in total. The molecule has 0 radical (unpaired) electrons. The number of para-hydroxylation sites is 1. The van der Waals surface area contributed by atoms with E-state index in [1.807, 2.05) is 18.2 Å². The van der Waals surface area contributed by atoms with Gasteiger partial charge in [-0.25, -0.2) is 0 Å². The van der Waals surface area contributed by atoms with Crippen LogP contribution in [0.25, 0.3) is 0 Å². The van der Waals surface area contributed by atoms with Gasteiger partial charge in [-0.3, -0.25) is 4.79 Å². The highest BCUT2D eigenvalue weighted by Gasteiger charge is 2.14. The van der Waals surface area contributed by atoms with Gasteiger partial charge in [0.15, 0.2) is 0 Å². The lowest BCUT2D eigenvalue weighted by molar-refractivity contribution is -0.119. The first-order chi connectivity index (χ1) is 8.31. The zero-order valence-electron chi connectivity index (χ0n) is 10.2. The van der Waals surface area contributed by atoms with Crippen molar-refractivity contribution in [3.8, 4) is 0 Å². The van der Waals surface area contributed by atoms with Crippen molar-refractivity contribution in [2.24, 2.45) is 0 Å². The molecule has 1 amide bonds. The third kappa shape index (κ3) is 2.97. The van der Waals surface area contributed by atoms with Crippen LogP contribution in [0.1, 0.15) is 5.56 Å². The highest BCUT2D eigenvalue weighted by Crippen LogP contribution is 2.21. The maximum absolute atomic E-state index is 11.5. The maximum atomic E-state index is 11.5. The SMILES string of the molecule is CNC(=O)Cc1ccccc1N1CCNCC1. The van der Waals surface area contributed by atoms with Gasteiger partial charge in [-0.2, -0.15) is 0 Å². The Kier molecular flexibility index (Phi) is 3.98. The first-order valence-corrected chi connectivity index (χ1v) is 6.05. The van der Waals surface area contributed by atoms with Gasteiger partial charge in [-0.05, 0) is 11.6 Å². The smallest absolute Gasteiger partial charge is 0.224 e. The minimum atomic E-state index is 0.0626. The Bertz CT molecular complexity index is 386. The molecule has 0 bridgehead atoms. The largest absolute Gasteiger partial charge is 0.369 e. The van der Waals surface area contributed by atoms with Crippen LogP contribution in [0.15, 0.2) is 24.3 Å². The lowest BCUT2D eigenvalue weighted by atomic mass is 10.1. The van der Waals surface area contributed by atoms with E-state index >= 15 is 0 Å². The fourth-order valence-corrected chi connectivity index (χ4v) is 2.14. The van der Waals surface area contributed by atoms with Crippen molar-refractivity contribution in [3.05, 3.63) is 29.8 Å². The second kappa shape index (κ2) is 5.68. The molecule has 0 aromatic heterocycles. The maximum Gasteiger partial charge on any atom is 0.224 e. The van der Waals surface area contributed by atoms with Crippen LogP contribution >= 0.6 is 0 Å². The minimum absolute atomic E-state index is 0.0626. The van der Waals surface area contributed by atoms with Gasteiger partial charge in [0.05, 0.1) is 6.42 Å². The van der Waals surface area contributed by atoms with Crippen LogP contribution in [0, 0.1) is 0 Å².